The molecule has 148 valence electrons. The van der Waals surface area contributed by atoms with E-state index in [2.05, 4.69) is 26.8 Å². The average Bonchev–Trinajstić information content (AvgIpc) is 2.87. The van der Waals surface area contributed by atoms with E-state index < -0.39 is 0 Å². The van der Waals surface area contributed by atoms with Gasteiger partial charge in [0, 0.05) is 75.3 Å². The first-order chi connectivity index (χ1) is 13.6. The van der Waals surface area contributed by atoms with Crippen molar-refractivity contribution in [1.29, 1.82) is 0 Å². The second kappa shape index (κ2) is 7.97. The van der Waals surface area contributed by atoms with Gasteiger partial charge >= 0.3 is 0 Å². The van der Waals surface area contributed by atoms with E-state index in [0.717, 1.165) is 62.5 Å². The normalized spacial score (nSPS) is 24.5. The fourth-order valence-corrected chi connectivity index (χ4v) is 4.41. The molecule has 0 N–H and O–H groups in total. The van der Waals surface area contributed by atoms with Gasteiger partial charge in [0.15, 0.2) is 5.82 Å². The Hall–Kier alpha value is -2.31. The molecule has 3 heterocycles. The maximum absolute atomic E-state index is 12.1. The summed E-state index contributed by atoms with van der Waals surface area (Å²) in [6.07, 6.45) is 6.51. The minimum absolute atomic E-state index is 0.0868. The van der Waals surface area contributed by atoms with Crippen LogP contribution in [0.2, 0.25) is 0 Å². The second-order valence-electron chi connectivity index (χ2n) is 8.20. The first-order valence-corrected chi connectivity index (χ1v) is 10.1. The Labute approximate surface area is 167 Å². The van der Waals surface area contributed by atoms with Crippen LogP contribution in [0.3, 0.4) is 0 Å². The third-order valence-corrected chi connectivity index (χ3v) is 6.37. The summed E-state index contributed by atoms with van der Waals surface area (Å²) in [5.74, 6) is 1.04. The van der Waals surface area contributed by atoms with Gasteiger partial charge in [-0.05, 0) is 19.9 Å². The highest BCUT2D eigenvalue weighted by Crippen LogP contribution is 2.32. The molecule has 1 aromatic heterocycles. The molecule has 1 atom stereocenters. The molecule has 28 heavy (non-hydrogen) atoms. The molecule has 0 bridgehead atoms. The molecule has 2 fully saturated rings. The van der Waals surface area contributed by atoms with Gasteiger partial charge in [-0.1, -0.05) is 30.3 Å². The largest absolute Gasteiger partial charge is 0.346 e. The van der Waals surface area contributed by atoms with E-state index in [1.54, 1.807) is 0 Å². The van der Waals surface area contributed by atoms with E-state index in [1.165, 1.54) is 0 Å². The summed E-state index contributed by atoms with van der Waals surface area (Å²) in [5, 5.41) is 0. The number of hydrogen-bond acceptors (Lipinski definition) is 5. The van der Waals surface area contributed by atoms with Crippen molar-refractivity contribution in [3.8, 4) is 11.4 Å². The Balaban J connectivity index is 1.44. The van der Waals surface area contributed by atoms with E-state index in [9.17, 15) is 4.79 Å². The summed E-state index contributed by atoms with van der Waals surface area (Å²) >= 11 is 0. The fourth-order valence-electron chi connectivity index (χ4n) is 4.41. The summed E-state index contributed by atoms with van der Waals surface area (Å²) in [6, 6.07) is 10.1. The molecule has 2 aliphatic rings. The van der Waals surface area contributed by atoms with Crippen molar-refractivity contribution in [2.75, 3.05) is 40.3 Å². The van der Waals surface area contributed by atoms with E-state index in [4.69, 9.17) is 0 Å². The number of likely N-dealkylation sites (tertiary alicyclic amines) is 1. The highest BCUT2D eigenvalue weighted by atomic mass is 16.2. The number of carbonyl (C=O) groups is 1. The Morgan fingerprint density at radius 2 is 1.75 bits per heavy atom. The number of piperazine rings is 1. The minimum atomic E-state index is 0.0868. The number of amides is 1. The summed E-state index contributed by atoms with van der Waals surface area (Å²) < 4.78 is 0. The van der Waals surface area contributed by atoms with Gasteiger partial charge in [0.1, 0.15) is 0 Å². The molecule has 6 heteroatoms. The number of hydrogen-bond donors (Lipinski definition) is 0. The van der Waals surface area contributed by atoms with Crippen molar-refractivity contribution in [2.24, 2.45) is 0 Å². The summed E-state index contributed by atoms with van der Waals surface area (Å²) in [5.41, 5.74) is 2.27. The second-order valence-corrected chi connectivity index (χ2v) is 8.20. The van der Waals surface area contributed by atoms with Crippen molar-refractivity contribution in [3.63, 3.8) is 0 Å². The highest BCUT2D eigenvalue weighted by Gasteiger charge is 2.41. The molecule has 1 amide bonds. The van der Waals surface area contributed by atoms with Crippen LogP contribution in [0.15, 0.2) is 42.7 Å². The predicted molar refractivity (Wildman–Crippen MR) is 110 cm³/mol. The van der Waals surface area contributed by atoms with E-state index >= 15 is 0 Å². The Bertz CT molecular complexity index is 809. The lowest BCUT2D eigenvalue weighted by Crippen LogP contribution is -2.60. The van der Waals surface area contributed by atoms with Gasteiger partial charge in [-0.15, -0.1) is 0 Å². The number of rotatable bonds is 3. The van der Waals surface area contributed by atoms with Crippen LogP contribution >= 0.6 is 0 Å². The molecule has 2 saturated heterocycles. The number of nitrogens with zero attached hydrogens (tertiary/aromatic N) is 5. The first kappa shape index (κ1) is 19.0. The SMILES string of the molecule is CN1CC[C@@]2(CCC1=O)CN(Cc1cnc(-c3ccccc3)nc1)CCN2C. The Morgan fingerprint density at radius 3 is 2.50 bits per heavy atom. The van der Waals surface area contributed by atoms with Gasteiger partial charge in [0.05, 0.1) is 0 Å². The molecule has 1 spiro atoms. The smallest absolute Gasteiger partial charge is 0.222 e. The molecule has 0 radical (unpaired) electrons. The van der Waals surface area contributed by atoms with Crippen LogP contribution < -0.4 is 0 Å². The minimum Gasteiger partial charge on any atom is -0.346 e. The molecule has 4 rings (SSSR count). The molecular formula is C22H29N5O. The lowest BCUT2D eigenvalue weighted by molar-refractivity contribution is -0.129. The number of carbonyl (C=O) groups excluding carboxylic acids is 1. The van der Waals surface area contributed by atoms with Crippen LogP contribution in [-0.2, 0) is 11.3 Å². The lowest BCUT2D eigenvalue weighted by atomic mass is 9.86. The van der Waals surface area contributed by atoms with Crippen LogP contribution in [0, 0.1) is 0 Å². The Kier molecular flexibility index (Phi) is 5.42. The van der Waals surface area contributed by atoms with E-state index in [1.807, 2.05) is 54.7 Å². The van der Waals surface area contributed by atoms with Crippen molar-refractivity contribution in [1.82, 2.24) is 24.7 Å². The van der Waals surface area contributed by atoms with Crippen LogP contribution in [0.4, 0.5) is 0 Å². The van der Waals surface area contributed by atoms with Crippen molar-refractivity contribution in [3.05, 3.63) is 48.3 Å². The van der Waals surface area contributed by atoms with Gasteiger partial charge in [-0.3, -0.25) is 14.6 Å². The van der Waals surface area contributed by atoms with Crippen LogP contribution in [-0.4, -0.2) is 76.4 Å². The summed E-state index contributed by atoms with van der Waals surface area (Å²) in [4.78, 5) is 28.1. The first-order valence-electron chi connectivity index (χ1n) is 10.1. The molecular weight excluding hydrogens is 350 g/mol. The molecule has 6 nitrogen and oxygen atoms in total. The highest BCUT2D eigenvalue weighted by molar-refractivity contribution is 5.76. The monoisotopic (exact) mass is 379 g/mol. The van der Waals surface area contributed by atoms with Gasteiger partial charge in [0.2, 0.25) is 5.91 Å². The molecule has 0 unspecified atom stereocenters. The third-order valence-electron chi connectivity index (χ3n) is 6.37. The zero-order valence-corrected chi connectivity index (χ0v) is 16.8. The van der Waals surface area contributed by atoms with Gasteiger partial charge in [0.25, 0.3) is 0 Å². The van der Waals surface area contributed by atoms with Gasteiger partial charge < -0.3 is 4.90 Å². The zero-order chi connectivity index (χ0) is 19.6. The number of aromatic nitrogens is 2. The van der Waals surface area contributed by atoms with Crippen LogP contribution in [0.1, 0.15) is 24.8 Å². The lowest BCUT2D eigenvalue weighted by Gasteiger charge is -2.49. The van der Waals surface area contributed by atoms with Crippen molar-refractivity contribution < 1.29 is 4.79 Å². The Morgan fingerprint density at radius 1 is 1.00 bits per heavy atom. The quantitative estimate of drug-likeness (QED) is 0.819. The van der Waals surface area contributed by atoms with Gasteiger partial charge in [-0.25, -0.2) is 9.97 Å². The molecule has 0 aliphatic carbocycles. The van der Waals surface area contributed by atoms with E-state index in [0.29, 0.717) is 6.42 Å². The molecule has 2 aliphatic heterocycles. The fraction of sp³-hybridized carbons (Fsp3) is 0.500. The maximum Gasteiger partial charge on any atom is 0.222 e. The van der Waals surface area contributed by atoms with Crippen LogP contribution in [0.25, 0.3) is 11.4 Å². The van der Waals surface area contributed by atoms with Crippen molar-refractivity contribution >= 4 is 5.91 Å². The molecule has 2 aromatic rings. The molecule has 0 saturated carbocycles. The predicted octanol–water partition coefficient (Wildman–Crippen LogP) is 2.27. The van der Waals surface area contributed by atoms with Crippen LogP contribution in [0.5, 0.6) is 0 Å². The topological polar surface area (TPSA) is 52.6 Å². The zero-order valence-electron chi connectivity index (χ0n) is 16.8. The summed E-state index contributed by atoms with van der Waals surface area (Å²) in [6.45, 7) is 4.74. The number of likely N-dealkylation sites (N-methyl/N-ethyl adjacent to an activating group) is 1. The maximum atomic E-state index is 12.1. The standard InChI is InChI=1S/C22H29N5O/c1-25-11-10-22(9-8-20(25)28)17-27(13-12-26(22)2)16-18-14-23-21(24-15-18)19-6-4-3-5-7-19/h3-7,14-15H,8-13,16-17H2,1-2H3/t22-/m0/s1. The number of benzene rings is 1. The summed E-state index contributed by atoms with van der Waals surface area (Å²) in [7, 11) is 4.14. The molecule has 1 aromatic carbocycles. The van der Waals surface area contributed by atoms with Gasteiger partial charge in [-0.2, -0.15) is 0 Å². The average molecular weight is 380 g/mol. The third kappa shape index (κ3) is 3.93. The van der Waals surface area contributed by atoms with E-state index in [-0.39, 0.29) is 11.4 Å². The van der Waals surface area contributed by atoms with Crippen molar-refractivity contribution in [2.45, 2.75) is 31.3 Å².